The molecule has 0 aliphatic rings. The zero-order valence-corrected chi connectivity index (χ0v) is 10.7. The molecule has 0 saturated carbocycles. The summed E-state index contributed by atoms with van der Waals surface area (Å²) in [7, 11) is 0. The van der Waals surface area contributed by atoms with Crippen molar-refractivity contribution in [1.29, 1.82) is 0 Å². The van der Waals surface area contributed by atoms with Crippen LogP contribution in [0.5, 0.6) is 0 Å². The molecule has 2 aromatic rings. The molecule has 7 heteroatoms. The van der Waals surface area contributed by atoms with Crippen molar-refractivity contribution in [1.82, 2.24) is 9.38 Å². The first-order valence-corrected chi connectivity index (χ1v) is 5.90. The molecule has 0 aliphatic carbocycles. The first-order valence-electron chi connectivity index (χ1n) is 5.10. The average Bonchev–Trinajstić information content (AvgIpc) is 2.63. The van der Waals surface area contributed by atoms with Gasteiger partial charge in [0.1, 0.15) is 10.4 Å². The number of rotatable bonds is 4. The third-order valence-corrected chi connectivity index (χ3v) is 3.06. The van der Waals surface area contributed by atoms with Crippen LogP contribution in [0, 0.1) is 0 Å². The number of carbonyl (C=O) groups is 2. The molecule has 0 radical (unpaired) electrons. The molecule has 94 valence electrons. The van der Waals surface area contributed by atoms with Gasteiger partial charge in [0.25, 0.3) is 0 Å². The van der Waals surface area contributed by atoms with E-state index in [9.17, 15) is 9.59 Å². The lowest BCUT2D eigenvalue weighted by molar-refractivity contribution is -0.137. The van der Waals surface area contributed by atoms with E-state index in [1.54, 1.807) is 10.6 Å². The molecule has 0 aliphatic heterocycles. The zero-order chi connectivity index (χ0) is 13.3. The van der Waals surface area contributed by atoms with Crippen LogP contribution in [0.25, 0.3) is 5.52 Å². The van der Waals surface area contributed by atoms with Crippen LogP contribution in [0.1, 0.15) is 22.6 Å². The van der Waals surface area contributed by atoms with Crippen LogP contribution < -0.4 is 0 Å². The van der Waals surface area contributed by atoms with Crippen LogP contribution >= 0.6 is 15.9 Å². The highest BCUT2D eigenvalue weighted by Gasteiger charge is 2.12. The summed E-state index contributed by atoms with van der Waals surface area (Å²) in [6.07, 6.45) is 1.84. The molecule has 0 bridgehead atoms. The lowest BCUT2D eigenvalue weighted by Crippen LogP contribution is -2.02. The van der Waals surface area contributed by atoms with Crippen LogP contribution in [0.15, 0.2) is 22.9 Å². The van der Waals surface area contributed by atoms with E-state index < -0.39 is 11.9 Å². The number of halogens is 1. The second-order valence-corrected chi connectivity index (χ2v) is 4.44. The first-order chi connectivity index (χ1) is 8.49. The van der Waals surface area contributed by atoms with Crippen molar-refractivity contribution in [2.75, 3.05) is 0 Å². The molecule has 2 aromatic heterocycles. The number of aromatic carboxylic acids is 1. The lowest BCUT2D eigenvalue weighted by atomic mass is 10.2. The van der Waals surface area contributed by atoms with E-state index >= 15 is 0 Å². The van der Waals surface area contributed by atoms with Gasteiger partial charge < -0.3 is 14.6 Å². The Balaban J connectivity index is 2.45. The van der Waals surface area contributed by atoms with Gasteiger partial charge in [0, 0.05) is 12.6 Å². The molecule has 2 heterocycles. The van der Waals surface area contributed by atoms with Gasteiger partial charge >= 0.3 is 11.9 Å². The number of imidazole rings is 1. The van der Waals surface area contributed by atoms with E-state index in [2.05, 4.69) is 20.9 Å². The quantitative estimate of drug-likeness (QED) is 0.898. The number of carboxylic acids is 2. The van der Waals surface area contributed by atoms with Crippen molar-refractivity contribution in [2.24, 2.45) is 0 Å². The molecule has 0 aromatic carbocycles. The molecule has 0 spiro atoms. The van der Waals surface area contributed by atoms with Crippen molar-refractivity contribution in [3.8, 4) is 0 Å². The Morgan fingerprint density at radius 2 is 2.11 bits per heavy atom. The van der Waals surface area contributed by atoms with Gasteiger partial charge in [-0.15, -0.1) is 0 Å². The molecule has 0 amide bonds. The van der Waals surface area contributed by atoms with Gasteiger partial charge in [-0.05, 0) is 28.1 Å². The van der Waals surface area contributed by atoms with E-state index in [1.807, 2.05) is 0 Å². The van der Waals surface area contributed by atoms with Crippen LogP contribution in [0.4, 0.5) is 0 Å². The minimum atomic E-state index is -1.02. The third kappa shape index (κ3) is 2.35. The van der Waals surface area contributed by atoms with Crippen LogP contribution in [-0.2, 0) is 11.2 Å². The number of nitrogens with zero attached hydrogens (tertiary/aromatic N) is 2. The van der Waals surface area contributed by atoms with Gasteiger partial charge in [0.15, 0.2) is 0 Å². The highest BCUT2D eigenvalue weighted by molar-refractivity contribution is 9.10. The molecular formula is C11H9BrN2O4. The molecule has 0 saturated heterocycles. The third-order valence-electron chi connectivity index (χ3n) is 2.48. The smallest absolute Gasteiger partial charge is 0.335 e. The first kappa shape index (κ1) is 12.6. The van der Waals surface area contributed by atoms with Crippen molar-refractivity contribution in [2.45, 2.75) is 12.8 Å². The summed E-state index contributed by atoms with van der Waals surface area (Å²) in [6.45, 7) is 0. The highest BCUT2D eigenvalue weighted by atomic mass is 79.9. The summed E-state index contributed by atoms with van der Waals surface area (Å²) < 4.78 is 2.19. The molecule has 0 fully saturated rings. The normalized spacial score (nSPS) is 10.7. The van der Waals surface area contributed by atoms with Crippen LogP contribution in [0.3, 0.4) is 0 Å². The second kappa shape index (κ2) is 4.77. The Morgan fingerprint density at radius 1 is 1.39 bits per heavy atom. The predicted molar refractivity (Wildman–Crippen MR) is 65.8 cm³/mol. The summed E-state index contributed by atoms with van der Waals surface area (Å²) in [5.41, 5.74) is 0.767. The summed E-state index contributed by atoms with van der Waals surface area (Å²) in [5.74, 6) is -1.33. The van der Waals surface area contributed by atoms with E-state index in [4.69, 9.17) is 10.2 Å². The van der Waals surface area contributed by atoms with Crippen molar-refractivity contribution < 1.29 is 19.8 Å². The van der Waals surface area contributed by atoms with Crippen molar-refractivity contribution >= 4 is 33.4 Å². The summed E-state index contributed by atoms with van der Waals surface area (Å²) in [6, 6.07) is 2.94. The second-order valence-electron chi connectivity index (χ2n) is 3.69. The number of aliphatic carboxylic acids is 1. The number of hydrogen-bond donors (Lipinski definition) is 2. The fourth-order valence-electron chi connectivity index (χ4n) is 1.64. The van der Waals surface area contributed by atoms with Crippen molar-refractivity contribution in [3.05, 3.63) is 34.3 Å². The number of pyridine rings is 1. The summed E-state index contributed by atoms with van der Waals surface area (Å²) in [5, 5.41) is 17.5. The molecular weight excluding hydrogens is 304 g/mol. The predicted octanol–water partition coefficient (Wildman–Crippen LogP) is 1.81. The molecule has 2 N–H and O–H groups in total. The monoisotopic (exact) mass is 312 g/mol. The Labute approximate surface area is 110 Å². The van der Waals surface area contributed by atoms with E-state index in [0.717, 1.165) is 0 Å². The Bertz CT molecular complexity index is 635. The topological polar surface area (TPSA) is 91.9 Å². The largest absolute Gasteiger partial charge is 0.481 e. The van der Waals surface area contributed by atoms with Gasteiger partial charge in [-0.2, -0.15) is 0 Å². The lowest BCUT2D eigenvalue weighted by Gasteiger charge is -2.00. The molecule has 0 unspecified atom stereocenters. The zero-order valence-electron chi connectivity index (χ0n) is 9.13. The summed E-state index contributed by atoms with van der Waals surface area (Å²) in [4.78, 5) is 25.6. The number of carboxylic acid groups (broad SMARTS) is 2. The highest BCUT2D eigenvalue weighted by Crippen LogP contribution is 2.21. The Morgan fingerprint density at radius 3 is 2.72 bits per heavy atom. The van der Waals surface area contributed by atoms with Crippen LogP contribution in [-0.4, -0.2) is 31.5 Å². The van der Waals surface area contributed by atoms with Gasteiger partial charge in [-0.25, -0.2) is 9.78 Å². The maximum Gasteiger partial charge on any atom is 0.335 e. The fourth-order valence-corrected chi connectivity index (χ4v) is 2.15. The molecule has 6 nitrogen and oxygen atoms in total. The van der Waals surface area contributed by atoms with Gasteiger partial charge in [0.2, 0.25) is 0 Å². The maximum atomic E-state index is 10.9. The van der Waals surface area contributed by atoms with Crippen molar-refractivity contribution in [3.63, 3.8) is 0 Å². The number of aryl methyl sites for hydroxylation is 1. The number of fused-ring (bicyclic) bond motifs is 1. The van der Waals surface area contributed by atoms with Crippen LogP contribution in [0.2, 0.25) is 0 Å². The molecule has 18 heavy (non-hydrogen) atoms. The molecule has 0 atom stereocenters. The van der Waals surface area contributed by atoms with Gasteiger partial charge in [-0.3, -0.25) is 4.79 Å². The average molecular weight is 313 g/mol. The SMILES string of the molecule is O=C(O)CCc1nc(Br)c2cc(C(=O)O)ccn12. The van der Waals surface area contributed by atoms with E-state index in [-0.39, 0.29) is 18.4 Å². The fraction of sp³-hybridized carbons (Fsp3) is 0.182. The van der Waals surface area contributed by atoms with Gasteiger partial charge in [0.05, 0.1) is 17.5 Å². The minimum absolute atomic E-state index is 0.0216. The molecule has 2 rings (SSSR count). The number of hydrogen-bond acceptors (Lipinski definition) is 3. The van der Waals surface area contributed by atoms with E-state index in [0.29, 0.717) is 15.9 Å². The Kier molecular flexibility index (Phi) is 3.33. The minimum Gasteiger partial charge on any atom is -0.481 e. The standard InChI is InChI=1S/C11H9BrN2O4/c12-10-7-5-6(11(17)18)3-4-14(7)8(13-10)1-2-9(15)16/h3-5H,1-2H2,(H,15,16)(H,17,18). The number of aromatic nitrogens is 2. The summed E-state index contributed by atoms with van der Waals surface area (Å²) >= 11 is 3.24. The van der Waals surface area contributed by atoms with Gasteiger partial charge in [-0.1, -0.05) is 0 Å². The van der Waals surface area contributed by atoms with E-state index in [1.165, 1.54) is 12.1 Å². The Hall–Kier alpha value is -1.89. The maximum absolute atomic E-state index is 10.9.